The summed E-state index contributed by atoms with van der Waals surface area (Å²) < 4.78 is 23.1. The van der Waals surface area contributed by atoms with Crippen molar-refractivity contribution >= 4 is 0 Å². The molecule has 9 heteroatoms. The van der Waals surface area contributed by atoms with Crippen molar-refractivity contribution in [1.29, 1.82) is 0 Å². The first-order valence-corrected chi connectivity index (χ1v) is 10.9. The van der Waals surface area contributed by atoms with E-state index in [1.807, 2.05) is 0 Å². The molecule has 0 aliphatic carbocycles. The van der Waals surface area contributed by atoms with Crippen molar-refractivity contribution < 1.29 is 39.4 Å². The Hall–Kier alpha value is -0.360. The molecular weight excluding hydrogens is 382 g/mol. The number of aliphatic hydroxyl groups excluding tert-OH is 4. The van der Waals surface area contributed by atoms with Crippen molar-refractivity contribution in [3.05, 3.63) is 0 Å². The maximum Gasteiger partial charge on any atom is 0.186 e. The average molecular weight is 422 g/mol. The minimum absolute atomic E-state index is 0.0679. The molecule has 0 unspecified atom stereocenters. The van der Waals surface area contributed by atoms with Crippen LogP contribution in [0.5, 0.6) is 0 Å². The normalized spacial score (nSPS) is 40.9. The summed E-state index contributed by atoms with van der Waals surface area (Å²) in [5, 5.41) is 39.6. The van der Waals surface area contributed by atoms with Crippen molar-refractivity contribution in [2.24, 2.45) is 5.73 Å². The number of hydrogen-bond acceptors (Lipinski definition) is 9. The van der Waals surface area contributed by atoms with Gasteiger partial charge in [-0.3, -0.25) is 0 Å². The molecule has 29 heavy (non-hydrogen) atoms. The third kappa shape index (κ3) is 7.09. The van der Waals surface area contributed by atoms with Gasteiger partial charge in [0.15, 0.2) is 12.6 Å². The molecule has 0 radical (unpaired) electrons. The molecular formula is C20H39NO8. The maximum absolute atomic E-state index is 10.3. The molecule has 9 atom stereocenters. The molecule has 172 valence electrons. The summed E-state index contributed by atoms with van der Waals surface area (Å²) in [6, 6.07) is -0.863. The summed E-state index contributed by atoms with van der Waals surface area (Å²) in [6.45, 7) is 3.88. The topological polar surface area (TPSA) is 144 Å². The molecule has 2 rings (SSSR count). The average Bonchev–Trinajstić information content (AvgIpc) is 2.70. The molecule has 2 saturated heterocycles. The zero-order valence-corrected chi connectivity index (χ0v) is 17.6. The van der Waals surface area contributed by atoms with Crippen LogP contribution in [0.2, 0.25) is 0 Å². The standard InChI is InChI=1S/C20H39NO8/c1-3-4-5-6-7-8-9-26-20-19(16(21)18(25)14(11-22)28-20)29-15-10-13(23)17(24)12(2)27-15/h12-20,22-25H,3-11,21H2,1-2H3/t12-,13-,14+,15-,16-,17+,18-,19+,20+/m0/s1. The number of nitrogens with two attached hydrogens (primary N) is 1. The molecule has 2 aliphatic heterocycles. The smallest absolute Gasteiger partial charge is 0.186 e. The van der Waals surface area contributed by atoms with Gasteiger partial charge >= 0.3 is 0 Å². The van der Waals surface area contributed by atoms with Gasteiger partial charge in [-0.2, -0.15) is 0 Å². The van der Waals surface area contributed by atoms with E-state index in [2.05, 4.69) is 6.92 Å². The minimum Gasteiger partial charge on any atom is -0.394 e. The second-order valence-electron chi connectivity index (χ2n) is 8.10. The fourth-order valence-corrected chi connectivity index (χ4v) is 3.76. The first-order valence-electron chi connectivity index (χ1n) is 10.9. The number of rotatable bonds is 11. The third-order valence-electron chi connectivity index (χ3n) is 5.68. The monoisotopic (exact) mass is 421 g/mol. The quantitative estimate of drug-likeness (QED) is 0.291. The van der Waals surface area contributed by atoms with Crippen LogP contribution in [0.3, 0.4) is 0 Å². The predicted molar refractivity (Wildman–Crippen MR) is 105 cm³/mol. The van der Waals surface area contributed by atoms with E-state index in [-0.39, 0.29) is 13.0 Å². The molecule has 9 nitrogen and oxygen atoms in total. The minimum atomic E-state index is -1.13. The highest BCUT2D eigenvalue weighted by atomic mass is 16.7. The largest absolute Gasteiger partial charge is 0.394 e. The van der Waals surface area contributed by atoms with Crippen molar-refractivity contribution in [1.82, 2.24) is 0 Å². The Labute approximate surface area is 173 Å². The van der Waals surface area contributed by atoms with Crippen LogP contribution in [0.15, 0.2) is 0 Å². The van der Waals surface area contributed by atoms with E-state index >= 15 is 0 Å². The van der Waals surface area contributed by atoms with E-state index in [0.717, 1.165) is 19.3 Å². The molecule has 0 amide bonds. The van der Waals surface area contributed by atoms with Gasteiger partial charge in [0.05, 0.1) is 24.9 Å². The van der Waals surface area contributed by atoms with Crippen LogP contribution in [0.1, 0.15) is 58.8 Å². The molecule has 0 aromatic rings. The Kier molecular flexibility index (Phi) is 10.7. The van der Waals surface area contributed by atoms with Gasteiger partial charge in [0.1, 0.15) is 24.4 Å². The Balaban J connectivity index is 1.91. The van der Waals surface area contributed by atoms with Crippen molar-refractivity contribution in [2.45, 2.75) is 114 Å². The summed E-state index contributed by atoms with van der Waals surface area (Å²) in [6.07, 6.45) is -0.353. The summed E-state index contributed by atoms with van der Waals surface area (Å²) in [5.41, 5.74) is 6.16. The maximum atomic E-state index is 10.3. The fraction of sp³-hybridized carbons (Fsp3) is 1.00. The lowest BCUT2D eigenvalue weighted by molar-refractivity contribution is -0.330. The molecule has 0 bridgehead atoms. The second kappa shape index (κ2) is 12.5. The van der Waals surface area contributed by atoms with Crippen molar-refractivity contribution in [3.8, 4) is 0 Å². The number of ether oxygens (including phenoxy) is 4. The van der Waals surface area contributed by atoms with Gasteiger partial charge in [-0.15, -0.1) is 0 Å². The third-order valence-corrected chi connectivity index (χ3v) is 5.68. The highest BCUT2D eigenvalue weighted by Crippen LogP contribution is 2.28. The zero-order chi connectivity index (χ0) is 21.4. The number of aliphatic hydroxyl groups is 4. The lowest BCUT2D eigenvalue weighted by atomic mass is 9.96. The van der Waals surface area contributed by atoms with Crippen LogP contribution in [0.4, 0.5) is 0 Å². The lowest BCUT2D eigenvalue weighted by Crippen LogP contribution is -2.64. The van der Waals surface area contributed by atoms with E-state index in [9.17, 15) is 20.4 Å². The van der Waals surface area contributed by atoms with Crippen molar-refractivity contribution in [2.75, 3.05) is 13.2 Å². The van der Waals surface area contributed by atoms with Gasteiger partial charge in [-0.1, -0.05) is 39.0 Å². The second-order valence-corrected chi connectivity index (χ2v) is 8.10. The highest BCUT2D eigenvalue weighted by Gasteiger charge is 2.47. The van der Waals surface area contributed by atoms with E-state index in [1.165, 1.54) is 19.3 Å². The van der Waals surface area contributed by atoms with Gasteiger partial charge in [-0.05, 0) is 13.3 Å². The lowest BCUT2D eigenvalue weighted by Gasteiger charge is -2.45. The molecule has 2 fully saturated rings. The van der Waals surface area contributed by atoms with Gasteiger partial charge in [0.2, 0.25) is 0 Å². The van der Waals surface area contributed by atoms with Crippen LogP contribution >= 0.6 is 0 Å². The zero-order valence-electron chi connectivity index (χ0n) is 17.6. The van der Waals surface area contributed by atoms with Gasteiger partial charge in [0, 0.05) is 13.0 Å². The van der Waals surface area contributed by atoms with E-state index < -0.39 is 55.2 Å². The Morgan fingerprint density at radius 1 is 1.00 bits per heavy atom. The fourth-order valence-electron chi connectivity index (χ4n) is 3.76. The van der Waals surface area contributed by atoms with Gasteiger partial charge in [0.25, 0.3) is 0 Å². The van der Waals surface area contributed by atoms with Crippen LogP contribution < -0.4 is 5.73 Å². The van der Waals surface area contributed by atoms with Gasteiger partial charge in [-0.25, -0.2) is 0 Å². The summed E-state index contributed by atoms with van der Waals surface area (Å²) in [7, 11) is 0. The number of unbranched alkanes of at least 4 members (excludes halogenated alkanes) is 5. The Morgan fingerprint density at radius 2 is 1.69 bits per heavy atom. The number of hydrogen-bond donors (Lipinski definition) is 5. The van der Waals surface area contributed by atoms with Crippen molar-refractivity contribution in [3.63, 3.8) is 0 Å². The van der Waals surface area contributed by atoms with E-state index in [4.69, 9.17) is 24.7 Å². The molecule has 2 heterocycles. The van der Waals surface area contributed by atoms with E-state index in [0.29, 0.717) is 6.61 Å². The van der Waals surface area contributed by atoms with Crippen LogP contribution in [0.25, 0.3) is 0 Å². The van der Waals surface area contributed by atoms with E-state index in [1.54, 1.807) is 6.92 Å². The first kappa shape index (κ1) is 24.9. The van der Waals surface area contributed by atoms with Crippen LogP contribution in [-0.4, -0.2) is 88.9 Å². The Bertz CT molecular complexity index is 444. The molecule has 0 spiro atoms. The molecule has 0 saturated carbocycles. The first-order chi connectivity index (χ1) is 13.9. The van der Waals surface area contributed by atoms with Crippen LogP contribution in [-0.2, 0) is 18.9 Å². The molecule has 0 aromatic carbocycles. The molecule has 6 N–H and O–H groups in total. The molecule has 0 aromatic heterocycles. The summed E-state index contributed by atoms with van der Waals surface area (Å²) >= 11 is 0. The molecule has 2 aliphatic rings. The summed E-state index contributed by atoms with van der Waals surface area (Å²) in [4.78, 5) is 0. The predicted octanol–water partition coefficient (Wildman–Crippen LogP) is 0.0108. The van der Waals surface area contributed by atoms with Gasteiger partial charge < -0.3 is 45.1 Å². The summed E-state index contributed by atoms with van der Waals surface area (Å²) in [5.74, 6) is 0. The van der Waals surface area contributed by atoms with Crippen LogP contribution in [0, 0.1) is 0 Å². The Morgan fingerprint density at radius 3 is 2.34 bits per heavy atom. The SMILES string of the molecule is CCCCCCCCO[C@@H]1O[C@H](CO)[C@H](O)[C@H](N)[C@H]1O[C@H]1C[C@H](O)[C@H](O)[C@H](C)O1. The highest BCUT2D eigenvalue weighted by molar-refractivity contribution is 4.94.